The molecule has 6 aliphatic heterocycles. The van der Waals surface area contributed by atoms with E-state index < -0.39 is 5.54 Å². The van der Waals surface area contributed by atoms with Gasteiger partial charge in [0.15, 0.2) is 11.9 Å². The normalized spacial score (nSPS) is 21.5. The molecule has 0 bridgehead atoms. The van der Waals surface area contributed by atoms with Crippen molar-refractivity contribution in [3.05, 3.63) is 138 Å². The summed E-state index contributed by atoms with van der Waals surface area (Å²) in [6.07, 6.45) is 2.30. The second-order valence-corrected chi connectivity index (χ2v) is 14.0. The summed E-state index contributed by atoms with van der Waals surface area (Å²) >= 11 is 0. The number of hydrogen-bond acceptors (Lipinski definition) is 4. The molecule has 46 heavy (non-hydrogen) atoms. The van der Waals surface area contributed by atoms with Crippen LogP contribution in [0.15, 0.2) is 115 Å². The average molecular weight is 594 g/mol. The molecule has 6 aromatic rings. The molecule has 0 radical (unpaired) electrons. The number of ether oxygens (including phenoxy) is 1. The zero-order chi connectivity index (χ0) is 30.3. The van der Waals surface area contributed by atoms with E-state index in [1.165, 1.54) is 78.8 Å². The standard InChI is InChI=1S/C41H29N4O/c1-40(2)27-14-8-13-25-23-11-4-5-12-24(23)26-20-21-33-35-37(26)45(36(25)27)38-28(40)15-10-22-43(38)41(35)34-31(18-9-19-32(34)46-33)44-30-17-7-6-16-29(30)42(3)39(41)44/h4-22,39H,1-3H3/q+1. The van der Waals surface area contributed by atoms with Gasteiger partial charge in [-0.15, -0.1) is 0 Å². The van der Waals surface area contributed by atoms with Crippen LogP contribution in [0.2, 0.25) is 0 Å². The molecule has 2 atom stereocenters. The van der Waals surface area contributed by atoms with Gasteiger partial charge in [-0.1, -0.05) is 74.5 Å². The van der Waals surface area contributed by atoms with Gasteiger partial charge in [-0.3, -0.25) is 0 Å². The van der Waals surface area contributed by atoms with Gasteiger partial charge in [0, 0.05) is 29.2 Å². The highest BCUT2D eigenvalue weighted by molar-refractivity contribution is 6.07. The Morgan fingerprint density at radius 3 is 2.13 bits per heavy atom. The van der Waals surface area contributed by atoms with E-state index in [1.54, 1.807) is 0 Å². The molecule has 0 N–H and O–H groups in total. The monoisotopic (exact) mass is 593 g/mol. The van der Waals surface area contributed by atoms with Crippen molar-refractivity contribution >= 4 is 34.3 Å². The minimum absolute atomic E-state index is 0.0351. The van der Waals surface area contributed by atoms with Crippen LogP contribution in [0.1, 0.15) is 36.1 Å². The Hall–Kier alpha value is -5.55. The first-order chi connectivity index (χ1) is 22.5. The smallest absolute Gasteiger partial charge is 0.292 e. The molecule has 5 aromatic carbocycles. The first kappa shape index (κ1) is 23.8. The molecule has 0 amide bonds. The first-order valence-corrected chi connectivity index (χ1v) is 16.2. The number of pyridine rings is 1. The van der Waals surface area contributed by atoms with Crippen molar-refractivity contribution < 1.29 is 9.30 Å². The van der Waals surface area contributed by atoms with Gasteiger partial charge in [-0.2, -0.15) is 4.90 Å². The Morgan fingerprint density at radius 2 is 1.28 bits per heavy atom. The van der Waals surface area contributed by atoms with Gasteiger partial charge in [0.25, 0.3) is 5.82 Å². The summed E-state index contributed by atoms with van der Waals surface area (Å²) in [6, 6.07) is 40.5. The predicted molar refractivity (Wildman–Crippen MR) is 181 cm³/mol. The molecule has 12 rings (SSSR count). The molecule has 6 aliphatic rings. The Bertz CT molecular complexity index is 2440. The van der Waals surface area contributed by atoms with Crippen LogP contribution < -0.4 is 24.0 Å². The predicted octanol–water partition coefficient (Wildman–Crippen LogP) is 8.87. The molecule has 5 heteroatoms. The van der Waals surface area contributed by atoms with Gasteiger partial charge in [0.05, 0.1) is 39.9 Å². The van der Waals surface area contributed by atoms with Crippen molar-refractivity contribution in [2.45, 2.75) is 31.0 Å². The van der Waals surface area contributed by atoms with Crippen LogP contribution in [0.3, 0.4) is 0 Å². The number of benzene rings is 5. The third-order valence-electron chi connectivity index (χ3n) is 11.8. The molecular weight excluding hydrogens is 564 g/mol. The largest absolute Gasteiger partial charge is 0.456 e. The summed E-state index contributed by atoms with van der Waals surface area (Å²) in [5, 5.41) is 0. The molecule has 1 aromatic heterocycles. The van der Waals surface area contributed by atoms with Gasteiger partial charge in [-0.25, -0.2) is 4.57 Å². The lowest BCUT2D eigenvalue weighted by molar-refractivity contribution is -0.735. The molecule has 2 unspecified atom stereocenters. The van der Waals surface area contributed by atoms with Gasteiger partial charge < -0.3 is 14.5 Å². The van der Waals surface area contributed by atoms with Crippen LogP contribution in [-0.2, 0) is 11.0 Å². The topological polar surface area (TPSA) is 22.8 Å². The van der Waals surface area contributed by atoms with Crippen LogP contribution in [-0.4, -0.2) is 13.2 Å². The molecule has 218 valence electrons. The second kappa shape index (κ2) is 7.29. The van der Waals surface area contributed by atoms with E-state index in [1.807, 2.05) is 0 Å². The lowest BCUT2D eigenvalue weighted by Gasteiger charge is -2.49. The van der Waals surface area contributed by atoms with Crippen LogP contribution in [0.5, 0.6) is 11.5 Å². The van der Waals surface area contributed by atoms with Gasteiger partial charge in [0.1, 0.15) is 17.2 Å². The van der Waals surface area contributed by atoms with E-state index in [2.05, 4.69) is 156 Å². The Kier molecular flexibility index (Phi) is 3.77. The number of fused-ring (bicyclic) bond motifs is 7. The van der Waals surface area contributed by atoms with E-state index in [-0.39, 0.29) is 11.6 Å². The zero-order valence-electron chi connectivity index (χ0n) is 25.7. The van der Waals surface area contributed by atoms with Crippen molar-refractivity contribution in [1.29, 1.82) is 0 Å². The van der Waals surface area contributed by atoms with Gasteiger partial charge in [0.2, 0.25) is 5.54 Å². The number of nitrogens with zero attached hydrogens (tertiary/aromatic N) is 4. The van der Waals surface area contributed by atoms with Crippen LogP contribution in [0.25, 0.3) is 22.3 Å². The maximum atomic E-state index is 7.00. The molecular formula is C41H29N4O+. The molecule has 0 saturated carbocycles. The van der Waals surface area contributed by atoms with E-state index in [4.69, 9.17) is 4.74 Å². The van der Waals surface area contributed by atoms with Crippen molar-refractivity contribution in [2.24, 2.45) is 0 Å². The number of para-hydroxylation sites is 3. The van der Waals surface area contributed by atoms with Gasteiger partial charge >= 0.3 is 0 Å². The molecule has 0 saturated heterocycles. The molecule has 7 heterocycles. The number of aromatic nitrogens is 1. The van der Waals surface area contributed by atoms with Crippen molar-refractivity contribution in [3.63, 3.8) is 0 Å². The number of anilines is 6. The maximum Gasteiger partial charge on any atom is 0.292 e. The number of likely N-dealkylation sites (N-methyl/N-ethyl adjacent to an activating group) is 1. The molecule has 1 spiro atoms. The van der Waals surface area contributed by atoms with E-state index >= 15 is 0 Å². The average Bonchev–Trinajstić information content (AvgIpc) is 3.51. The highest BCUT2D eigenvalue weighted by Gasteiger charge is 2.71. The summed E-state index contributed by atoms with van der Waals surface area (Å²) in [4.78, 5) is 7.69. The Morgan fingerprint density at radius 1 is 0.609 bits per heavy atom. The van der Waals surface area contributed by atoms with Gasteiger partial charge in [-0.05, 0) is 59.7 Å². The van der Waals surface area contributed by atoms with Crippen molar-refractivity contribution in [3.8, 4) is 33.8 Å². The SMILES string of the molecule is CN1c2ccccc2N2c3cccc4c3C3(c5c(ccc6c5N5c7c(cccc7C(C)(C)c7ccc[n+]3c75)-c3ccccc3-6)O4)C12. The number of rotatable bonds is 0. The van der Waals surface area contributed by atoms with E-state index in [0.717, 1.165) is 11.5 Å². The highest BCUT2D eigenvalue weighted by Crippen LogP contribution is 2.70. The lowest BCUT2D eigenvalue weighted by atomic mass is 9.70. The summed E-state index contributed by atoms with van der Waals surface area (Å²) in [7, 11) is 2.27. The third kappa shape index (κ3) is 2.23. The first-order valence-electron chi connectivity index (χ1n) is 16.2. The van der Waals surface area contributed by atoms with E-state index in [9.17, 15) is 0 Å². The van der Waals surface area contributed by atoms with Crippen molar-refractivity contribution in [1.82, 2.24) is 0 Å². The van der Waals surface area contributed by atoms with E-state index in [0.29, 0.717) is 0 Å². The number of hydrogen-bond donors (Lipinski definition) is 0. The lowest BCUT2D eigenvalue weighted by Crippen LogP contribution is -2.71. The Balaban J connectivity index is 1.35. The second-order valence-electron chi connectivity index (χ2n) is 14.0. The van der Waals surface area contributed by atoms with Crippen LogP contribution in [0.4, 0.5) is 34.3 Å². The maximum absolute atomic E-state index is 7.00. The Labute approximate surface area is 267 Å². The van der Waals surface area contributed by atoms with Crippen LogP contribution in [0, 0.1) is 0 Å². The highest BCUT2D eigenvalue weighted by atomic mass is 16.5. The summed E-state index contributed by atoms with van der Waals surface area (Å²) in [6.45, 7) is 4.80. The van der Waals surface area contributed by atoms with Crippen molar-refractivity contribution in [2.75, 3.05) is 21.7 Å². The minimum Gasteiger partial charge on any atom is -0.456 e. The quantitative estimate of drug-likeness (QED) is 0.164. The fraction of sp³-hybridized carbons (Fsp3) is 0.146. The minimum atomic E-state index is -0.581. The molecule has 0 fully saturated rings. The fourth-order valence-electron chi connectivity index (χ4n) is 10.1. The fourth-order valence-corrected chi connectivity index (χ4v) is 10.1. The molecule has 0 aliphatic carbocycles. The third-order valence-corrected chi connectivity index (χ3v) is 11.8. The molecule has 5 nitrogen and oxygen atoms in total. The van der Waals surface area contributed by atoms with Crippen LogP contribution >= 0.6 is 0 Å². The summed E-state index contributed by atoms with van der Waals surface area (Å²) in [5.74, 6) is 3.12. The summed E-state index contributed by atoms with van der Waals surface area (Å²) in [5.41, 5.74) is 15.7. The summed E-state index contributed by atoms with van der Waals surface area (Å²) < 4.78 is 9.64. The zero-order valence-corrected chi connectivity index (χ0v) is 25.7.